The summed E-state index contributed by atoms with van der Waals surface area (Å²) in [6.07, 6.45) is 4.47. The number of halogens is 1. The molecule has 1 heterocycles. The van der Waals surface area contributed by atoms with E-state index >= 15 is 0 Å². The molecule has 21 heavy (non-hydrogen) atoms. The fourth-order valence-corrected chi connectivity index (χ4v) is 3.57. The standard InChI is InChI=1S/C16H19ClN2O2/c17-11-6-8-12(9-7-11)18-16(21)19-10-2-4-14(19)13-3-1-5-15(13)20/h6-9,13-14H,1-5,10H2,(H,18,21). The van der Waals surface area contributed by atoms with Gasteiger partial charge in [0.1, 0.15) is 5.78 Å². The van der Waals surface area contributed by atoms with E-state index in [4.69, 9.17) is 11.6 Å². The van der Waals surface area contributed by atoms with Crippen molar-refractivity contribution in [2.45, 2.75) is 38.1 Å². The second kappa shape index (κ2) is 6.06. The Morgan fingerprint density at radius 3 is 2.62 bits per heavy atom. The summed E-state index contributed by atoms with van der Waals surface area (Å²) >= 11 is 5.84. The van der Waals surface area contributed by atoms with E-state index in [1.807, 2.05) is 4.90 Å². The molecule has 5 heteroatoms. The molecular formula is C16H19ClN2O2. The van der Waals surface area contributed by atoms with E-state index in [0.29, 0.717) is 17.2 Å². The lowest BCUT2D eigenvalue weighted by molar-refractivity contribution is -0.121. The average molecular weight is 307 g/mol. The molecule has 0 aromatic heterocycles. The summed E-state index contributed by atoms with van der Waals surface area (Å²) in [5.41, 5.74) is 0.729. The van der Waals surface area contributed by atoms with E-state index in [9.17, 15) is 9.59 Å². The number of hydrogen-bond donors (Lipinski definition) is 1. The summed E-state index contributed by atoms with van der Waals surface area (Å²) < 4.78 is 0. The SMILES string of the molecule is O=C1CCCC1C1CCCN1C(=O)Nc1ccc(Cl)cc1. The average Bonchev–Trinajstić information content (AvgIpc) is 3.09. The lowest BCUT2D eigenvalue weighted by Gasteiger charge is -2.28. The Hall–Kier alpha value is -1.55. The smallest absolute Gasteiger partial charge is 0.321 e. The van der Waals surface area contributed by atoms with E-state index < -0.39 is 0 Å². The van der Waals surface area contributed by atoms with Crippen LogP contribution in [0, 0.1) is 5.92 Å². The Morgan fingerprint density at radius 2 is 1.95 bits per heavy atom. The topological polar surface area (TPSA) is 49.4 Å². The third-order valence-corrected chi connectivity index (χ3v) is 4.72. The number of likely N-dealkylation sites (tertiary alicyclic amines) is 1. The van der Waals surface area contributed by atoms with Gasteiger partial charge in [-0.2, -0.15) is 0 Å². The number of benzene rings is 1. The fraction of sp³-hybridized carbons (Fsp3) is 0.500. The zero-order valence-electron chi connectivity index (χ0n) is 11.8. The van der Waals surface area contributed by atoms with E-state index in [1.165, 1.54) is 0 Å². The van der Waals surface area contributed by atoms with Gasteiger partial charge in [0.05, 0.1) is 0 Å². The highest BCUT2D eigenvalue weighted by Crippen LogP contribution is 2.33. The summed E-state index contributed by atoms with van der Waals surface area (Å²) in [5.74, 6) is 0.370. The van der Waals surface area contributed by atoms with Gasteiger partial charge in [0.15, 0.2) is 0 Å². The van der Waals surface area contributed by atoms with Crippen LogP contribution in [0.5, 0.6) is 0 Å². The minimum absolute atomic E-state index is 0.0449. The highest BCUT2D eigenvalue weighted by atomic mass is 35.5. The first-order valence-corrected chi connectivity index (χ1v) is 7.89. The number of Topliss-reactive ketones (excluding diaryl/α,β-unsaturated/α-hetero) is 1. The predicted octanol–water partition coefficient (Wildman–Crippen LogP) is 3.71. The van der Waals surface area contributed by atoms with Crippen molar-refractivity contribution < 1.29 is 9.59 Å². The molecule has 1 aliphatic heterocycles. The Kier molecular flexibility index (Phi) is 4.15. The van der Waals surface area contributed by atoms with Crippen LogP contribution in [0.1, 0.15) is 32.1 Å². The third kappa shape index (κ3) is 3.05. The van der Waals surface area contributed by atoms with Gasteiger partial charge < -0.3 is 10.2 Å². The first kappa shape index (κ1) is 14.4. The van der Waals surface area contributed by atoms with Crippen molar-refractivity contribution in [3.8, 4) is 0 Å². The molecule has 1 aliphatic carbocycles. The van der Waals surface area contributed by atoms with Crippen molar-refractivity contribution in [2.24, 2.45) is 5.92 Å². The lowest BCUT2D eigenvalue weighted by Crippen LogP contribution is -2.43. The molecule has 2 aliphatic rings. The second-order valence-electron chi connectivity index (χ2n) is 5.81. The van der Waals surface area contributed by atoms with Crippen LogP contribution in [-0.4, -0.2) is 29.3 Å². The van der Waals surface area contributed by atoms with Crippen LogP contribution < -0.4 is 5.32 Å². The molecular weight excluding hydrogens is 288 g/mol. The van der Waals surface area contributed by atoms with Crippen molar-refractivity contribution in [3.05, 3.63) is 29.3 Å². The van der Waals surface area contributed by atoms with Gasteiger partial charge in [-0.25, -0.2) is 4.79 Å². The molecule has 2 unspecified atom stereocenters. The number of carbonyl (C=O) groups excluding carboxylic acids is 2. The number of nitrogens with one attached hydrogen (secondary N) is 1. The number of nitrogens with zero attached hydrogens (tertiary/aromatic N) is 1. The normalized spacial score (nSPS) is 25.4. The van der Waals surface area contributed by atoms with Gasteiger partial charge >= 0.3 is 6.03 Å². The second-order valence-corrected chi connectivity index (χ2v) is 6.24. The van der Waals surface area contributed by atoms with Gasteiger partial charge in [-0.05, 0) is 49.9 Å². The Morgan fingerprint density at radius 1 is 1.19 bits per heavy atom. The number of ketones is 1. The number of rotatable bonds is 2. The van der Waals surface area contributed by atoms with Crippen LogP contribution in [0.2, 0.25) is 5.02 Å². The van der Waals surface area contributed by atoms with E-state index in [2.05, 4.69) is 5.32 Å². The molecule has 112 valence electrons. The van der Waals surface area contributed by atoms with Gasteiger partial charge in [0, 0.05) is 35.6 Å². The fourth-order valence-electron chi connectivity index (χ4n) is 3.44. The first-order valence-electron chi connectivity index (χ1n) is 7.51. The third-order valence-electron chi connectivity index (χ3n) is 4.47. The molecule has 1 saturated carbocycles. The molecule has 1 N–H and O–H groups in total. The van der Waals surface area contributed by atoms with Crippen LogP contribution in [0.4, 0.5) is 10.5 Å². The molecule has 2 atom stereocenters. The Balaban J connectivity index is 1.68. The quantitative estimate of drug-likeness (QED) is 0.905. The zero-order valence-corrected chi connectivity index (χ0v) is 12.6. The van der Waals surface area contributed by atoms with E-state index in [0.717, 1.165) is 37.9 Å². The molecule has 1 saturated heterocycles. The van der Waals surface area contributed by atoms with Gasteiger partial charge in [-0.15, -0.1) is 0 Å². The Bertz CT molecular complexity index is 544. The number of carbonyl (C=O) groups is 2. The zero-order chi connectivity index (χ0) is 14.8. The summed E-state index contributed by atoms with van der Waals surface area (Å²) in [6, 6.07) is 7.03. The number of amides is 2. The monoisotopic (exact) mass is 306 g/mol. The van der Waals surface area contributed by atoms with Crippen LogP contribution >= 0.6 is 11.6 Å². The molecule has 4 nitrogen and oxygen atoms in total. The van der Waals surface area contributed by atoms with Crippen molar-refractivity contribution in [1.82, 2.24) is 4.90 Å². The molecule has 0 bridgehead atoms. The van der Waals surface area contributed by atoms with Gasteiger partial charge in [0.25, 0.3) is 0 Å². The maximum absolute atomic E-state index is 12.4. The summed E-state index contributed by atoms with van der Waals surface area (Å²) in [7, 11) is 0. The van der Waals surface area contributed by atoms with Gasteiger partial charge in [-0.1, -0.05) is 11.6 Å². The molecule has 2 amide bonds. The van der Waals surface area contributed by atoms with Gasteiger partial charge in [0.2, 0.25) is 0 Å². The maximum atomic E-state index is 12.4. The maximum Gasteiger partial charge on any atom is 0.322 e. The summed E-state index contributed by atoms with van der Waals surface area (Å²) in [5, 5.41) is 3.54. The molecule has 1 aromatic carbocycles. The molecule has 2 fully saturated rings. The largest absolute Gasteiger partial charge is 0.322 e. The van der Waals surface area contributed by atoms with Crippen molar-refractivity contribution >= 4 is 29.1 Å². The van der Waals surface area contributed by atoms with Crippen LogP contribution in [0.3, 0.4) is 0 Å². The lowest BCUT2D eigenvalue weighted by atomic mass is 9.95. The molecule has 0 spiro atoms. The van der Waals surface area contributed by atoms with E-state index in [1.54, 1.807) is 24.3 Å². The summed E-state index contributed by atoms with van der Waals surface area (Å²) in [6.45, 7) is 0.730. The highest BCUT2D eigenvalue weighted by molar-refractivity contribution is 6.30. The minimum atomic E-state index is -0.112. The summed E-state index contributed by atoms with van der Waals surface area (Å²) in [4.78, 5) is 26.2. The van der Waals surface area contributed by atoms with Crippen LogP contribution in [-0.2, 0) is 4.79 Å². The van der Waals surface area contributed by atoms with E-state index in [-0.39, 0.29) is 18.0 Å². The number of anilines is 1. The van der Waals surface area contributed by atoms with Crippen LogP contribution in [0.15, 0.2) is 24.3 Å². The van der Waals surface area contributed by atoms with Crippen molar-refractivity contribution in [3.63, 3.8) is 0 Å². The predicted molar refractivity (Wildman–Crippen MR) is 82.5 cm³/mol. The van der Waals surface area contributed by atoms with Crippen LogP contribution in [0.25, 0.3) is 0 Å². The highest BCUT2D eigenvalue weighted by Gasteiger charge is 2.40. The number of urea groups is 1. The van der Waals surface area contributed by atoms with Crippen molar-refractivity contribution in [2.75, 3.05) is 11.9 Å². The Labute approximate surface area is 129 Å². The minimum Gasteiger partial charge on any atom is -0.321 e. The molecule has 1 aromatic rings. The molecule has 3 rings (SSSR count). The van der Waals surface area contributed by atoms with Crippen molar-refractivity contribution in [1.29, 1.82) is 0 Å². The van der Waals surface area contributed by atoms with Gasteiger partial charge in [-0.3, -0.25) is 4.79 Å². The number of hydrogen-bond acceptors (Lipinski definition) is 2. The first-order chi connectivity index (χ1) is 10.1. The molecule has 0 radical (unpaired) electrons.